The molecule has 23 heavy (non-hydrogen) atoms. The smallest absolute Gasteiger partial charge is 0.270 e. The maximum atomic E-state index is 12.0. The second-order valence-corrected chi connectivity index (χ2v) is 5.89. The number of carbonyl (C=O) groups is 1. The minimum atomic E-state index is -0.244. The van der Waals surface area contributed by atoms with Crippen molar-refractivity contribution in [3.8, 4) is 0 Å². The summed E-state index contributed by atoms with van der Waals surface area (Å²) in [5.74, 6) is 0.0649. The Morgan fingerprint density at radius 3 is 2.70 bits per heavy atom. The zero-order valence-electron chi connectivity index (χ0n) is 12.8. The fourth-order valence-electron chi connectivity index (χ4n) is 1.73. The van der Waals surface area contributed by atoms with Gasteiger partial charge in [0.25, 0.3) is 5.91 Å². The van der Waals surface area contributed by atoms with E-state index in [1.165, 1.54) is 6.20 Å². The summed E-state index contributed by atoms with van der Waals surface area (Å²) in [4.78, 5) is 22.3. The second-order valence-electron chi connectivity index (χ2n) is 5.08. The van der Waals surface area contributed by atoms with E-state index in [9.17, 15) is 4.79 Å². The number of anilines is 2. The lowest BCUT2D eigenvalue weighted by molar-refractivity contribution is 0.0946. The molecule has 1 aromatic carbocycles. The lowest BCUT2D eigenvalue weighted by Crippen LogP contribution is -2.31. The largest absolute Gasteiger partial charge is 0.349 e. The Labute approximate surface area is 144 Å². The van der Waals surface area contributed by atoms with Gasteiger partial charge in [-0.25, -0.2) is 9.97 Å². The Morgan fingerprint density at radius 2 is 2.00 bits per heavy atom. The first-order valence-corrected chi connectivity index (χ1v) is 7.69. The first kappa shape index (κ1) is 17.5. The zero-order valence-corrected chi connectivity index (χ0v) is 14.3. The first-order chi connectivity index (χ1) is 11.0. The van der Waals surface area contributed by atoms with Crippen molar-refractivity contribution < 1.29 is 4.79 Å². The fourth-order valence-corrected chi connectivity index (χ4v) is 2.03. The fraction of sp³-hybridized carbons (Fsp3) is 0.267. The minimum absolute atomic E-state index is 0.244. The number of halogens is 2. The van der Waals surface area contributed by atoms with Crippen LogP contribution >= 0.6 is 23.2 Å². The molecule has 0 aliphatic heterocycles. The summed E-state index contributed by atoms with van der Waals surface area (Å²) in [6.45, 7) is 1.30. The summed E-state index contributed by atoms with van der Waals surface area (Å²) >= 11 is 11.8. The van der Waals surface area contributed by atoms with Crippen LogP contribution in [0.15, 0.2) is 30.5 Å². The number of likely N-dealkylation sites (N-methyl/N-ethyl adjacent to an activating group) is 1. The topological polar surface area (TPSA) is 70.2 Å². The van der Waals surface area contributed by atoms with Crippen LogP contribution in [0.25, 0.3) is 0 Å². The van der Waals surface area contributed by atoms with Crippen molar-refractivity contribution in [1.29, 1.82) is 0 Å². The van der Waals surface area contributed by atoms with Crippen LogP contribution in [0.2, 0.25) is 10.0 Å². The van der Waals surface area contributed by atoms with Gasteiger partial charge in [-0.2, -0.15) is 0 Å². The van der Waals surface area contributed by atoms with E-state index in [2.05, 4.69) is 20.6 Å². The molecule has 0 fully saturated rings. The van der Waals surface area contributed by atoms with Crippen LogP contribution in [0.5, 0.6) is 0 Å². The van der Waals surface area contributed by atoms with E-state index < -0.39 is 0 Å². The van der Waals surface area contributed by atoms with Gasteiger partial charge in [0.15, 0.2) is 0 Å². The number of nitrogens with zero attached hydrogens (tertiary/aromatic N) is 3. The number of carbonyl (C=O) groups excluding carboxylic acids is 1. The molecule has 122 valence electrons. The van der Waals surface area contributed by atoms with Crippen LogP contribution < -0.4 is 10.6 Å². The predicted octanol–water partition coefficient (Wildman–Crippen LogP) is 2.82. The molecule has 0 aliphatic carbocycles. The van der Waals surface area contributed by atoms with Crippen LogP contribution in [0.3, 0.4) is 0 Å². The van der Waals surface area contributed by atoms with Crippen molar-refractivity contribution >= 4 is 40.7 Å². The number of hydrogen-bond donors (Lipinski definition) is 2. The number of aromatic nitrogens is 2. The average Bonchev–Trinajstić information content (AvgIpc) is 2.51. The van der Waals surface area contributed by atoms with Crippen molar-refractivity contribution in [3.05, 3.63) is 46.2 Å². The van der Waals surface area contributed by atoms with E-state index in [1.807, 2.05) is 19.0 Å². The Balaban J connectivity index is 2.04. The van der Waals surface area contributed by atoms with Crippen LogP contribution in [-0.2, 0) is 0 Å². The van der Waals surface area contributed by atoms with Crippen molar-refractivity contribution in [2.45, 2.75) is 0 Å². The average molecular weight is 354 g/mol. The second kappa shape index (κ2) is 8.10. The van der Waals surface area contributed by atoms with Crippen LogP contribution in [0, 0.1) is 0 Å². The van der Waals surface area contributed by atoms with Crippen LogP contribution in [0.4, 0.5) is 11.6 Å². The number of rotatable bonds is 6. The Hall–Kier alpha value is -1.89. The van der Waals surface area contributed by atoms with Gasteiger partial charge in [0, 0.05) is 25.0 Å². The van der Waals surface area contributed by atoms with Gasteiger partial charge >= 0.3 is 0 Å². The Morgan fingerprint density at radius 1 is 1.22 bits per heavy atom. The van der Waals surface area contributed by atoms with Gasteiger partial charge in [0.2, 0.25) is 5.95 Å². The molecule has 0 saturated heterocycles. The Kier molecular flexibility index (Phi) is 6.15. The molecule has 0 aliphatic rings. The summed E-state index contributed by atoms with van der Waals surface area (Å²) < 4.78 is 0. The van der Waals surface area contributed by atoms with Crippen molar-refractivity contribution in [2.75, 3.05) is 32.5 Å². The highest BCUT2D eigenvalue weighted by atomic mass is 35.5. The molecule has 2 rings (SSSR count). The molecule has 2 N–H and O–H groups in total. The van der Waals surface area contributed by atoms with Crippen molar-refractivity contribution in [1.82, 2.24) is 20.2 Å². The zero-order chi connectivity index (χ0) is 16.8. The standard InChI is InChI=1S/C15H17Cl2N5O/c1-22(2)8-7-18-14(23)13-5-6-19-15(21-13)20-10-3-4-11(16)12(17)9-10/h3-6,9H,7-8H2,1-2H3,(H,18,23)(H,19,20,21). The summed E-state index contributed by atoms with van der Waals surface area (Å²) in [6.07, 6.45) is 1.52. The SMILES string of the molecule is CN(C)CCNC(=O)c1ccnc(Nc2ccc(Cl)c(Cl)c2)n1. The van der Waals surface area contributed by atoms with Crippen molar-refractivity contribution in [2.24, 2.45) is 0 Å². The molecule has 0 unspecified atom stereocenters. The van der Waals surface area contributed by atoms with E-state index >= 15 is 0 Å². The molecule has 0 spiro atoms. The van der Waals surface area contributed by atoms with E-state index in [0.717, 1.165) is 6.54 Å². The maximum absolute atomic E-state index is 12.0. The predicted molar refractivity (Wildman–Crippen MR) is 92.7 cm³/mol. The van der Waals surface area contributed by atoms with E-state index in [0.29, 0.717) is 33.9 Å². The highest BCUT2D eigenvalue weighted by Gasteiger charge is 2.09. The summed E-state index contributed by atoms with van der Waals surface area (Å²) in [5, 5.41) is 6.68. The molecule has 2 aromatic rings. The summed E-state index contributed by atoms with van der Waals surface area (Å²) in [6, 6.07) is 6.65. The van der Waals surface area contributed by atoms with Gasteiger partial charge < -0.3 is 15.5 Å². The first-order valence-electron chi connectivity index (χ1n) is 6.94. The maximum Gasteiger partial charge on any atom is 0.270 e. The van der Waals surface area contributed by atoms with Crippen LogP contribution in [0.1, 0.15) is 10.5 Å². The molecule has 1 amide bonds. The van der Waals surface area contributed by atoms with Gasteiger partial charge in [-0.05, 0) is 38.4 Å². The van der Waals surface area contributed by atoms with E-state index in [1.54, 1.807) is 24.3 Å². The molecule has 0 atom stereocenters. The molecule has 6 nitrogen and oxygen atoms in total. The lowest BCUT2D eigenvalue weighted by atomic mass is 10.3. The molecule has 0 radical (unpaired) electrons. The molecule has 1 aromatic heterocycles. The van der Waals surface area contributed by atoms with Crippen molar-refractivity contribution in [3.63, 3.8) is 0 Å². The van der Waals surface area contributed by atoms with E-state index in [-0.39, 0.29) is 5.91 Å². The highest BCUT2D eigenvalue weighted by molar-refractivity contribution is 6.42. The highest BCUT2D eigenvalue weighted by Crippen LogP contribution is 2.26. The van der Waals surface area contributed by atoms with Gasteiger partial charge in [0.1, 0.15) is 5.69 Å². The number of nitrogens with one attached hydrogen (secondary N) is 2. The Bertz CT molecular complexity index is 693. The normalized spacial score (nSPS) is 10.7. The number of hydrogen-bond acceptors (Lipinski definition) is 5. The monoisotopic (exact) mass is 353 g/mol. The minimum Gasteiger partial charge on any atom is -0.349 e. The molecular weight excluding hydrogens is 337 g/mol. The number of benzene rings is 1. The summed E-state index contributed by atoms with van der Waals surface area (Å²) in [7, 11) is 3.88. The van der Waals surface area contributed by atoms with E-state index in [4.69, 9.17) is 23.2 Å². The van der Waals surface area contributed by atoms with Gasteiger partial charge in [-0.1, -0.05) is 23.2 Å². The third-order valence-electron chi connectivity index (χ3n) is 2.91. The summed E-state index contributed by atoms with van der Waals surface area (Å²) in [5.41, 5.74) is 0.978. The third kappa shape index (κ3) is 5.35. The molecule has 8 heteroatoms. The molecule has 0 saturated carbocycles. The lowest BCUT2D eigenvalue weighted by Gasteiger charge is -2.10. The van der Waals surface area contributed by atoms with Gasteiger partial charge in [0.05, 0.1) is 10.0 Å². The third-order valence-corrected chi connectivity index (χ3v) is 3.65. The molecule has 1 heterocycles. The molecular formula is C15H17Cl2N5O. The van der Waals surface area contributed by atoms with Gasteiger partial charge in [-0.15, -0.1) is 0 Å². The quantitative estimate of drug-likeness (QED) is 0.835. The molecule has 0 bridgehead atoms. The number of amides is 1. The van der Waals surface area contributed by atoms with Gasteiger partial charge in [-0.3, -0.25) is 4.79 Å². The van der Waals surface area contributed by atoms with Crippen LogP contribution in [-0.4, -0.2) is 48.0 Å².